The third-order valence-corrected chi connectivity index (χ3v) is 2.37. The summed E-state index contributed by atoms with van der Waals surface area (Å²) < 4.78 is 28.4. The second-order valence-electron chi connectivity index (χ2n) is 3.85. The van der Waals surface area contributed by atoms with Gasteiger partial charge in [0.2, 0.25) is 0 Å². The number of hydrogen-bond donors (Lipinski definition) is 1. The van der Waals surface area contributed by atoms with E-state index in [1.165, 1.54) is 12.1 Å². The lowest BCUT2D eigenvalue weighted by Gasteiger charge is -2.08. The average molecular weight is 257 g/mol. The van der Waals surface area contributed by atoms with E-state index >= 15 is 0 Å². The minimum Gasteiger partial charge on any atom is -0.398 e. The van der Waals surface area contributed by atoms with Gasteiger partial charge in [0.05, 0.1) is 19.8 Å². The molecule has 102 valence electrons. The van der Waals surface area contributed by atoms with Crippen LogP contribution in [0.15, 0.2) is 18.2 Å². The van der Waals surface area contributed by atoms with Crippen LogP contribution in [0.5, 0.6) is 0 Å². The van der Waals surface area contributed by atoms with Gasteiger partial charge in [-0.25, -0.2) is 4.39 Å². The lowest BCUT2D eigenvalue weighted by Crippen LogP contribution is -2.07. The summed E-state index contributed by atoms with van der Waals surface area (Å²) >= 11 is 0. The highest BCUT2D eigenvalue weighted by molar-refractivity contribution is 5.46. The van der Waals surface area contributed by atoms with Crippen LogP contribution in [0.2, 0.25) is 0 Å². The fourth-order valence-electron chi connectivity index (χ4n) is 1.40. The minimum absolute atomic E-state index is 0.335. The molecule has 0 radical (unpaired) electrons. The maximum Gasteiger partial charge on any atom is 0.125 e. The zero-order chi connectivity index (χ0) is 13.2. The maximum absolute atomic E-state index is 12.8. The molecular weight excluding hydrogens is 237 g/mol. The van der Waals surface area contributed by atoms with E-state index in [1.807, 2.05) is 0 Å². The molecular formula is C13H20FNO3. The largest absolute Gasteiger partial charge is 0.398 e. The molecule has 0 heterocycles. The van der Waals surface area contributed by atoms with Crippen molar-refractivity contribution in [3.05, 3.63) is 29.6 Å². The molecule has 0 saturated carbocycles. The van der Waals surface area contributed by atoms with Gasteiger partial charge in [0.25, 0.3) is 0 Å². The van der Waals surface area contributed by atoms with Crippen molar-refractivity contribution in [1.82, 2.24) is 0 Å². The van der Waals surface area contributed by atoms with Crippen molar-refractivity contribution in [3.63, 3.8) is 0 Å². The molecule has 0 atom stereocenters. The van der Waals surface area contributed by atoms with E-state index < -0.39 is 0 Å². The van der Waals surface area contributed by atoms with Crippen LogP contribution in [0.3, 0.4) is 0 Å². The molecule has 0 fully saturated rings. The van der Waals surface area contributed by atoms with Crippen LogP contribution in [-0.4, -0.2) is 33.5 Å². The van der Waals surface area contributed by atoms with Gasteiger partial charge in [-0.3, -0.25) is 0 Å². The summed E-state index contributed by atoms with van der Waals surface area (Å²) in [6.45, 7) is 2.75. The fourth-order valence-corrected chi connectivity index (χ4v) is 1.40. The summed E-state index contributed by atoms with van der Waals surface area (Å²) in [5.74, 6) is -0.335. The first-order valence-electron chi connectivity index (χ1n) is 5.92. The van der Waals surface area contributed by atoms with E-state index in [0.29, 0.717) is 38.7 Å². The van der Waals surface area contributed by atoms with Crippen molar-refractivity contribution in [2.75, 3.05) is 39.3 Å². The van der Waals surface area contributed by atoms with Gasteiger partial charge in [0.15, 0.2) is 0 Å². The summed E-state index contributed by atoms with van der Waals surface area (Å²) in [7, 11) is 1.66. The molecule has 0 saturated heterocycles. The Hall–Kier alpha value is -1.17. The van der Waals surface area contributed by atoms with Crippen molar-refractivity contribution < 1.29 is 18.6 Å². The van der Waals surface area contributed by atoms with Gasteiger partial charge in [0.1, 0.15) is 5.82 Å². The smallest absolute Gasteiger partial charge is 0.125 e. The number of nitrogen functional groups attached to an aromatic ring is 1. The highest BCUT2D eigenvalue weighted by atomic mass is 19.1. The van der Waals surface area contributed by atoms with Crippen molar-refractivity contribution in [2.24, 2.45) is 0 Å². The van der Waals surface area contributed by atoms with Crippen molar-refractivity contribution >= 4 is 5.69 Å². The van der Waals surface area contributed by atoms with Crippen LogP contribution >= 0.6 is 0 Å². The average Bonchev–Trinajstić information content (AvgIpc) is 2.35. The number of ether oxygens (including phenoxy) is 3. The summed E-state index contributed by atoms with van der Waals surface area (Å²) in [4.78, 5) is 0. The predicted octanol–water partition coefficient (Wildman–Crippen LogP) is 1.98. The summed E-state index contributed by atoms with van der Waals surface area (Å²) in [5, 5.41) is 0. The molecule has 0 bridgehead atoms. The molecule has 1 aromatic rings. The van der Waals surface area contributed by atoms with Gasteiger partial charge in [-0.2, -0.15) is 0 Å². The van der Waals surface area contributed by atoms with Crippen molar-refractivity contribution in [1.29, 1.82) is 0 Å². The number of halogens is 1. The lowest BCUT2D eigenvalue weighted by atomic mass is 10.2. The minimum atomic E-state index is -0.335. The highest BCUT2D eigenvalue weighted by Gasteiger charge is 2.00. The first-order chi connectivity index (χ1) is 8.74. The normalized spacial score (nSPS) is 10.8. The Morgan fingerprint density at radius 3 is 2.61 bits per heavy atom. The van der Waals surface area contributed by atoms with E-state index in [4.69, 9.17) is 19.9 Å². The van der Waals surface area contributed by atoms with Gasteiger partial charge in [-0.05, 0) is 18.6 Å². The van der Waals surface area contributed by atoms with Crippen LogP contribution in [0.4, 0.5) is 10.1 Å². The monoisotopic (exact) mass is 257 g/mol. The molecule has 1 rings (SSSR count). The standard InChI is InChI=1S/C13H20FNO3/c1-16-5-2-6-17-7-8-18-10-11-3-4-12(14)9-13(11)15/h3-4,9H,2,5-8,10,15H2,1H3. The number of rotatable bonds is 9. The third kappa shape index (κ3) is 5.95. The van der Waals surface area contributed by atoms with Gasteiger partial charge in [-0.1, -0.05) is 6.07 Å². The fraction of sp³-hybridized carbons (Fsp3) is 0.538. The van der Waals surface area contributed by atoms with Crippen LogP contribution in [-0.2, 0) is 20.8 Å². The molecule has 4 nitrogen and oxygen atoms in total. The Kier molecular flexibility index (Phi) is 7.32. The second kappa shape index (κ2) is 8.85. The molecule has 0 unspecified atom stereocenters. The first-order valence-corrected chi connectivity index (χ1v) is 5.92. The third-order valence-electron chi connectivity index (χ3n) is 2.37. The molecule has 0 amide bonds. The summed E-state index contributed by atoms with van der Waals surface area (Å²) in [6, 6.07) is 4.29. The maximum atomic E-state index is 12.8. The Bertz CT molecular complexity index is 347. The number of hydrogen-bond acceptors (Lipinski definition) is 4. The number of nitrogens with two attached hydrogens (primary N) is 1. The van der Waals surface area contributed by atoms with Gasteiger partial charge >= 0.3 is 0 Å². The van der Waals surface area contributed by atoms with E-state index in [1.54, 1.807) is 13.2 Å². The number of benzene rings is 1. The number of anilines is 1. The molecule has 1 aromatic carbocycles. The van der Waals surface area contributed by atoms with E-state index in [-0.39, 0.29) is 5.82 Å². The van der Waals surface area contributed by atoms with Crippen molar-refractivity contribution in [2.45, 2.75) is 13.0 Å². The Balaban J connectivity index is 2.07. The van der Waals surface area contributed by atoms with Crippen LogP contribution in [0.1, 0.15) is 12.0 Å². The van der Waals surface area contributed by atoms with Gasteiger partial charge < -0.3 is 19.9 Å². The summed E-state index contributed by atoms with van der Waals surface area (Å²) in [5.41, 5.74) is 6.85. The van der Waals surface area contributed by atoms with E-state index in [9.17, 15) is 4.39 Å². The predicted molar refractivity (Wildman–Crippen MR) is 67.8 cm³/mol. The van der Waals surface area contributed by atoms with Gasteiger partial charge in [-0.15, -0.1) is 0 Å². The van der Waals surface area contributed by atoms with E-state index in [2.05, 4.69) is 0 Å². The first kappa shape index (κ1) is 14.9. The lowest BCUT2D eigenvalue weighted by molar-refractivity contribution is 0.0338. The zero-order valence-electron chi connectivity index (χ0n) is 10.7. The van der Waals surface area contributed by atoms with Gasteiger partial charge in [0, 0.05) is 31.6 Å². The second-order valence-corrected chi connectivity index (χ2v) is 3.85. The van der Waals surface area contributed by atoms with Crippen LogP contribution in [0.25, 0.3) is 0 Å². The molecule has 0 aliphatic rings. The Morgan fingerprint density at radius 1 is 1.11 bits per heavy atom. The molecule has 18 heavy (non-hydrogen) atoms. The molecule has 0 aliphatic carbocycles. The van der Waals surface area contributed by atoms with Crippen molar-refractivity contribution in [3.8, 4) is 0 Å². The zero-order valence-corrected chi connectivity index (χ0v) is 10.7. The summed E-state index contributed by atoms with van der Waals surface area (Å²) in [6.07, 6.45) is 0.876. The molecule has 0 aromatic heterocycles. The topological polar surface area (TPSA) is 53.7 Å². The van der Waals surface area contributed by atoms with E-state index in [0.717, 1.165) is 12.0 Å². The Morgan fingerprint density at radius 2 is 1.89 bits per heavy atom. The van der Waals surface area contributed by atoms with Crippen LogP contribution < -0.4 is 5.73 Å². The van der Waals surface area contributed by atoms with Crippen LogP contribution in [0, 0.1) is 5.82 Å². The number of methoxy groups -OCH3 is 1. The molecule has 0 spiro atoms. The molecule has 2 N–H and O–H groups in total. The quantitative estimate of drug-likeness (QED) is 0.543. The Labute approximate surface area is 107 Å². The molecule has 0 aliphatic heterocycles. The SMILES string of the molecule is COCCCOCCOCc1ccc(F)cc1N. The molecule has 5 heteroatoms. The highest BCUT2D eigenvalue weighted by Crippen LogP contribution is 2.14.